The van der Waals surface area contributed by atoms with Crippen LogP contribution < -0.4 is 0 Å². The van der Waals surface area contributed by atoms with Gasteiger partial charge in [-0.1, -0.05) is 99.3 Å². The minimum Gasteiger partial charge on any atom is -0.0654 e. The van der Waals surface area contributed by atoms with Crippen LogP contribution in [0.2, 0.25) is 0 Å². The molecule has 0 aromatic rings. The van der Waals surface area contributed by atoms with Crippen molar-refractivity contribution in [2.75, 3.05) is 0 Å². The SMILES string of the molecule is CCCCCCCC(CCC)CC(CCC(C)C)C(C)C. The summed E-state index contributed by atoms with van der Waals surface area (Å²) in [5, 5.41) is 0. The summed E-state index contributed by atoms with van der Waals surface area (Å²) in [6.07, 6.45) is 15.9. The molecule has 0 rings (SSSR count). The molecule has 2 unspecified atom stereocenters. The van der Waals surface area contributed by atoms with E-state index in [-0.39, 0.29) is 0 Å². The van der Waals surface area contributed by atoms with E-state index in [2.05, 4.69) is 41.5 Å². The zero-order chi connectivity index (χ0) is 16.1. The average molecular weight is 297 g/mol. The standard InChI is InChI=1S/C21H44/c1-7-9-10-11-12-14-20(13-8-2)17-21(19(5)6)16-15-18(3)4/h18-21H,7-17H2,1-6H3. The van der Waals surface area contributed by atoms with Crippen molar-refractivity contribution in [2.24, 2.45) is 23.7 Å². The van der Waals surface area contributed by atoms with Crippen LogP contribution in [0.1, 0.15) is 112 Å². The maximum atomic E-state index is 2.44. The summed E-state index contributed by atoms with van der Waals surface area (Å²) in [6.45, 7) is 14.3. The van der Waals surface area contributed by atoms with Gasteiger partial charge in [-0.2, -0.15) is 0 Å². The highest BCUT2D eigenvalue weighted by Crippen LogP contribution is 2.31. The summed E-state index contributed by atoms with van der Waals surface area (Å²) >= 11 is 0. The minimum atomic E-state index is 0.864. The Kier molecular flexibility index (Phi) is 13.6. The Labute approximate surface area is 136 Å². The molecule has 0 aromatic carbocycles. The lowest BCUT2D eigenvalue weighted by atomic mass is 9.79. The lowest BCUT2D eigenvalue weighted by molar-refractivity contribution is 0.245. The molecule has 0 aliphatic rings. The molecule has 0 aliphatic carbocycles. The number of hydrogen-bond donors (Lipinski definition) is 0. The summed E-state index contributed by atoms with van der Waals surface area (Å²) in [4.78, 5) is 0. The van der Waals surface area contributed by atoms with E-state index in [1.54, 1.807) is 0 Å². The third kappa shape index (κ3) is 12.2. The Balaban J connectivity index is 4.15. The predicted octanol–water partition coefficient (Wildman–Crippen LogP) is 7.86. The van der Waals surface area contributed by atoms with Gasteiger partial charge < -0.3 is 0 Å². The molecule has 128 valence electrons. The number of unbranched alkanes of at least 4 members (excludes halogenated alkanes) is 4. The summed E-state index contributed by atoms with van der Waals surface area (Å²) in [5.74, 6) is 3.68. The van der Waals surface area contributed by atoms with Crippen LogP contribution in [0.5, 0.6) is 0 Å². The molecule has 0 fully saturated rings. The molecule has 0 heteroatoms. The Morgan fingerprint density at radius 1 is 0.619 bits per heavy atom. The van der Waals surface area contributed by atoms with Crippen molar-refractivity contribution in [3.63, 3.8) is 0 Å². The van der Waals surface area contributed by atoms with Crippen molar-refractivity contribution in [3.8, 4) is 0 Å². The Bertz CT molecular complexity index is 204. The molecule has 2 atom stereocenters. The first-order valence-electron chi connectivity index (χ1n) is 10.0. The molecular formula is C21H44. The summed E-state index contributed by atoms with van der Waals surface area (Å²) in [7, 11) is 0. The molecule has 0 amide bonds. The zero-order valence-electron chi connectivity index (χ0n) is 16.1. The van der Waals surface area contributed by atoms with Gasteiger partial charge in [0.1, 0.15) is 0 Å². The van der Waals surface area contributed by atoms with E-state index in [0.29, 0.717) is 0 Å². The molecule has 0 aliphatic heterocycles. The first-order chi connectivity index (χ1) is 10.0. The molecule has 0 saturated heterocycles. The van der Waals surface area contributed by atoms with E-state index in [1.807, 2.05) is 0 Å². The topological polar surface area (TPSA) is 0 Å². The minimum absolute atomic E-state index is 0.864. The molecular weight excluding hydrogens is 252 g/mol. The van der Waals surface area contributed by atoms with E-state index < -0.39 is 0 Å². The van der Waals surface area contributed by atoms with Crippen LogP contribution in [-0.2, 0) is 0 Å². The maximum Gasteiger partial charge on any atom is -0.0388 e. The van der Waals surface area contributed by atoms with Gasteiger partial charge in [-0.3, -0.25) is 0 Å². The van der Waals surface area contributed by atoms with Gasteiger partial charge in [0.2, 0.25) is 0 Å². The monoisotopic (exact) mass is 296 g/mol. The van der Waals surface area contributed by atoms with E-state index in [9.17, 15) is 0 Å². The fraction of sp³-hybridized carbons (Fsp3) is 1.00. The maximum absolute atomic E-state index is 2.44. The quantitative estimate of drug-likeness (QED) is 0.286. The molecule has 0 heterocycles. The highest BCUT2D eigenvalue weighted by atomic mass is 14.2. The van der Waals surface area contributed by atoms with Gasteiger partial charge in [0.15, 0.2) is 0 Å². The Morgan fingerprint density at radius 3 is 1.81 bits per heavy atom. The van der Waals surface area contributed by atoms with E-state index >= 15 is 0 Å². The fourth-order valence-corrected chi connectivity index (χ4v) is 3.52. The van der Waals surface area contributed by atoms with Gasteiger partial charge in [0.25, 0.3) is 0 Å². The fourth-order valence-electron chi connectivity index (χ4n) is 3.52. The van der Waals surface area contributed by atoms with Gasteiger partial charge in [-0.25, -0.2) is 0 Å². The molecule has 0 radical (unpaired) electrons. The zero-order valence-corrected chi connectivity index (χ0v) is 16.1. The highest BCUT2D eigenvalue weighted by Gasteiger charge is 2.19. The van der Waals surface area contributed by atoms with Gasteiger partial charge in [-0.05, 0) is 36.5 Å². The second-order valence-electron chi connectivity index (χ2n) is 8.07. The second kappa shape index (κ2) is 13.6. The third-order valence-corrected chi connectivity index (χ3v) is 5.11. The molecule has 0 saturated carbocycles. The van der Waals surface area contributed by atoms with Crippen LogP contribution in [0.25, 0.3) is 0 Å². The van der Waals surface area contributed by atoms with Crippen molar-refractivity contribution >= 4 is 0 Å². The van der Waals surface area contributed by atoms with Gasteiger partial charge >= 0.3 is 0 Å². The number of rotatable bonds is 14. The molecule has 0 nitrogen and oxygen atoms in total. The lowest BCUT2D eigenvalue weighted by Crippen LogP contribution is -2.15. The van der Waals surface area contributed by atoms with Crippen LogP contribution in [-0.4, -0.2) is 0 Å². The molecule has 0 bridgehead atoms. The smallest absolute Gasteiger partial charge is 0.0388 e. The van der Waals surface area contributed by atoms with Crippen molar-refractivity contribution in [2.45, 2.75) is 112 Å². The Morgan fingerprint density at radius 2 is 1.29 bits per heavy atom. The largest absolute Gasteiger partial charge is 0.0654 e. The van der Waals surface area contributed by atoms with Crippen LogP contribution in [0.15, 0.2) is 0 Å². The second-order valence-corrected chi connectivity index (χ2v) is 8.07. The first kappa shape index (κ1) is 21.0. The van der Waals surface area contributed by atoms with Crippen molar-refractivity contribution < 1.29 is 0 Å². The van der Waals surface area contributed by atoms with Crippen LogP contribution in [0.4, 0.5) is 0 Å². The van der Waals surface area contributed by atoms with Crippen LogP contribution in [0, 0.1) is 23.7 Å². The third-order valence-electron chi connectivity index (χ3n) is 5.11. The molecule has 0 N–H and O–H groups in total. The van der Waals surface area contributed by atoms with Gasteiger partial charge in [0.05, 0.1) is 0 Å². The highest BCUT2D eigenvalue weighted by molar-refractivity contribution is 4.70. The van der Waals surface area contributed by atoms with Crippen molar-refractivity contribution in [1.29, 1.82) is 0 Å². The lowest BCUT2D eigenvalue weighted by Gasteiger charge is -2.27. The van der Waals surface area contributed by atoms with E-state index in [1.165, 1.54) is 70.6 Å². The Hall–Kier alpha value is 0. The molecule has 21 heavy (non-hydrogen) atoms. The van der Waals surface area contributed by atoms with Crippen LogP contribution >= 0.6 is 0 Å². The van der Waals surface area contributed by atoms with Crippen molar-refractivity contribution in [3.05, 3.63) is 0 Å². The van der Waals surface area contributed by atoms with Crippen molar-refractivity contribution in [1.82, 2.24) is 0 Å². The van der Waals surface area contributed by atoms with Gasteiger partial charge in [-0.15, -0.1) is 0 Å². The summed E-state index contributed by atoms with van der Waals surface area (Å²) in [6, 6.07) is 0. The van der Waals surface area contributed by atoms with Gasteiger partial charge in [0, 0.05) is 0 Å². The van der Waals surface area contributed by atoms with E-state index in [4.69, 9.17) is 0 Å². The molecule has 0 spiro atoms. The normalized spacial score (nSPS) is 14.9. The first-order valence-corrected chi connectivity index (χ1v) is 10.0. The average Bonchev–Trinajstić information content (AvgIpc) is 2.42. The number of hydrogen-bond acceptors (Lipinski definition) is 0. The summed E-state index contributed by atoms with van der Waals surface area (Å²) in [5.41, 5.74) is 0. The summed E-state index contributed by atoms with van der Waals surface area (Å²) < 4.78 is 0. The van der Waals surface area contributed by atoms with E-state index in [0.717, 1.165) is 23.7 Å². The predicted molar refractivity (Wildman–Crippen MR) is 98.8 cm³/mol. The van der Waals surface area contributed by atoms with Crippen LogP contribution in [0.3, 0.4) is 0 Å². The molecule has 0 aromatic heterocycles.